The summed E-state index contributed by atoms with van der Waals surface area (Å²) < 4.78 is 0. The Morgan fingerprint density at radius 2 is 0.639 bits per heavy atom. The summed E-state index contributed by atoms with van der Waals surface area (Å²) in [6, 6.07) is 40.0. The highest BCUT2D eigenvalue weighted by molar-refractivity contribution is 8.22. The first-order valence-electron chi connectivity index (χ1n) is 13.0. The van der Waals surface area contributed by atoms with Crippen LogP contribution in [0.15, 0.2) is 121 Å². The Morgan fingerprint density at radius 3 is 0.861 bits per heavy atom. The molecule has 1 aliphatic carbocycles. The largest absolute Gasteiger partial charge is 0.0876 e. The van der Waals surface area contributed by atoms with Crippen molar-refractivity contribution < 1.29 is 0 Å². The molecule has 0 nitrogen and oxygen atoms in total. The van der Waals surface area contributed by atoms with Crippen LogP contribution in [0.5, 0.6) is 0 Å². The zero-order chi connectivity index (χ0) is 24.8. The second kappa shape index (κ2) is 11.7. The average molecular weight is 545 g/mol. The molecule has 4 heteroatoms. The van der Waals surface area contributed by atoms with Crippen LogP contribution in [0, 0.1) is 11.8 Å². The number of rotatable bonds is 8. The molecule has 0 saturated heterocycles. The lowest BCUT2D eigenvalue weighted by molar-refractivity contribution is 0.314. The van der Waals surface area contributed by atoms with Crippen molar-refractivity contribution in [1.82, 2.24) is 0 Å². The van der Waals surface area contributed by atoms with Crippen LogP contribution in [0.3, 0.4) is 0 Å². The Hall–Kier alpha value is -1.82. The van der Waals surface area contributed by atoms with Crippen LogP contribution in [-0.2, 0) is 23.6 Å². The Morgan fingerprint density at radius 1 is 0.417 bits per heavy atom. The molecule has 1 fully saturated rings. The molecular weight excluding hydrogens is 510 g/mol. The third kappa shape index (κ3) is 5.69. The van der Waals surface area contributed by atoms with E-state index in [1.807, 2.05) is 0 Å². The van der Waals surface area contributed by atoms with E-state index in [4.69, 9.17) is 23.6 Å². The van der Waals surface area contributed by atoms with E-state index < -0.39 is 12.1 Å². The molecule has 0 spiro atoms. The van der Waals surface area contributed by atoms with Gasteiger partial charge in [-0.2, -0.15) is 0 Å². The van der Waals surface area contributed by atoms with E-state index >= 15 is 0 Å². The van der Waals surface area contributed by atoms with Gasteiger partial charge in [0.15, 0.2) is 0 Å². The maximum atomic E-state index is 6.56. The van der Waals surface area contributed by atoms with Gasteiger partial charge in [-0.25, -0.2) is 0 Å². The van der Waals surface area contributed by atoms with E-state index in [1.165, 1.54) is 46.9 Å². The standard InChI is InChI=1S/C32H34P2S2/c35-33(29-13-5-1-6-14-29,30-15-7-2-8-16-30)25-27-21-23-28(24-22-27)26-34(36,31-17-9-3-10-18-31)32-19-11-4-12-20-32/h1-20,27-28H,21-26H2. The lowest BCUT2D eigenvalue weighted by Gasteiger charge is -2.35. The second-order valence-corrected chi connectivity index (χ2v) is 19.6. The van der Waals surface area contributed by atoms with Crippen molar-refractivity contribution >= 4 is 56.9 Å². The predicted molar refractivity (Wildman–Crippen MR) is 168 cm³/mol. The molecule has 184 valence electrons. The molecule has 4 aromatic rings. The Labute approximate surface area is 227 Å². The van der Waals surface area contributed by atoms with Gasteiger partial charge in [0.05, 0.1) is 0 Å². The molecule has 0 aromatic heterocycles. The Bertz CT molecular complexity index is 1140. The van der Waals surface area contributed by atoms with E-state index in [0.29, 0.717) is 11.8 Å². The maximum absolute atomic E-state index is 6.56. The van der Waals surface area contributed by atoms with Crippen molar-refractivity contribution in [2.45, 2.75) is 25.7 Å². The van der Waals surface area contributed by atoms with Gasteiger partial charge >= 0.3 is 0 Å². The van der Waals surface area contributed by atoms with Crippen LogP contribution >= 0.6 is 12.1 Å². The van der Waals surface area contributed by atoms with Gasteiger partial charge < -0.3 is 0 Å². The molecule has 0 unspecified atom stereocenters. The highest BCUT2D eigenvalue weighted by Crippen LogP contribution is 2.51. The molecule has 0 bridgehead atoms. The summed E-state index contributed by atoms with van der Waals surface area (Å²) in [7, 11) is 0. The number of hydrogen-bond acceptors (Lipinski definition) is 2. The van der Waals surface area contributed by atoms with E-state index in [0.717, 1.165) is 12.3 Å². The van der Waals surface area contributed by atoms with Gasteiger partial charge in [0.1, 0.15) is 0 Å². The maximum Gasteiger partial charge on any atom is 0.0108 e. The third-order valence-electron chi connectivity index (χ3n) is 7.69. The third-order valence-corrected chi connectivity index (χ3v) is 17.7. The van der Waals surface area contributed by atoms with Gasteiger partial charge in [-0.3, -0.25) is 0 Å². The molecular formula is C32H34P2S2. The molecule has 1 aliphatic rings. The van der Waals surface area contributed by atoms with E-state index in [-0.39, 0.29) is 0 Å². The molecule has 4 aromatic carbocycles. The van der Waals surface area contributed by atoms with Crippen molar-refractivity contribution in [2.75, 3.05) is 12.3 Å². The minimum absolute atomic E-state index is 0.693. The monoisotopic (exact) mass is 544 g/mol. The fraction of sp³-hybridized carbons (Fsp3) is 0.250. The van der Waals surface area contributed by atoms with Gasteiger partial charge in [0.25, 0.3) is 0 Å². The van der Waals surface area contributed by atoms with Crippen molar-refractivity contribution in [3.8, 4) is 0 Å². The molecule has 0 atom stereocenters. The van der Waals surface area contributed by atoms with Gasteiger partial charge in [-0.05, 0) is 71.1 Å². The second-order valence-electron chi connectivity index (χ2n) is 10.1. The fourth-order valence-electron chi connectivity index (χ4n) is 5.72. The van der Waals surface area contributed by atoms with E-state index in [2.05, 4.69) is 121 Å². The zero-order valence-corrected chi connectivity index (χ0v) is 24.1. The van der Waals surface area contributed by atoms with Crippen LogP contribution in [0.1, 0.15) is 25.7 Å². The summed E-state index contributed by atoms with van der Waals surface area (Å²) in [5.74, 6) is 1.39. The highest BCUT2D eigenvalue weighted by Gasteiger charge is 2.32. The van der Waals surface area contributed by atoms with Gasteiger partial charge in [0, 0.05) is 12.1 Å². The molecule has 0 heterocycles. The SMILES string of the molecule is S=P(CC1CCC(CP(=S)(c2ccccc2)c2ccccc2)CC1)(c1ccccc1)c1ccccc1. The molecule has 36 heavy (non-hydrogen) atoms. The van der Waals surface area contributed by atoms with Crippen molar-refractivity contribution in [2.24, 2.45) is 11.8 Å². The minimum atomic E-state index is -1.83. The Kier molecular flexibility index (Phi) is 8.39. The number of benzene rings is 4. The van der Waals surface area contributed by atoms with Crippen LogP contribution in [-0.4, -0.2) is 12.3 Å². The molecule has 0 radical (unpaired) electrons. The summed E-state index contributed by atoms with van der Waals surface area (Å²) in [4.78, 5) is 0. The first kappa shape index (κ1) is 25.8. The van der Waals surface area contributed by atoms with Gasteiger partial charge in [-0.15, -0.1) is 0 Å². The Balaban J connectivity index is 1.33. The highest BCUT2D eigenvalue weighted by atomic mass is 32.4. The smallest absolute Gasteiger partial charge is 0.0108 e. The van der Waals surface area contributed by atoms with Gasteiger partial charge in [0.2, 0.25) is 0 Å². The van der Waals surface area contributed by atoms with Crippen molar-refractivity contribution in [1.29, 1.82) is 0 Å². The summed E-state index contributed by atoms with van der Waals surface area (Å²) in [6.45, 7) is 0. The number of hydrogen-bond donors (Lipinski definition) is 0. The minimum Gasteiger partial charge on any atom is -0.0876 e. The topological polar surface area (TPSA) is 0 Å². The zero-order valence-electron chi connectivity index (χ0n) is 20.7. The van der Waals surface area contributed by atoms with Crippen LogP contribution in [0.25, 0.3) is 0 Å². The summed E-state index contributed by atoms with van der Waals surface area (Å²) >= 11 is 13.1. The fourth-order valence-corrected chi connectivity index (χ4v) is 14.7. The van der Waals surface area contributed by atoms with Crippen LogP contribution in [0.2, 0.25) is 0 Å². The summed E-state index contributed by atoms with van der Waals surface area (Å²) in [5.41, 5.74) is 0. The summed E-state index contributed by atoms with van der Waals surface area (Å²) in [5, 5.41) is 5.43. The van der Waals surface area contributed by atoms with Gasteiger partial charge in [-0.1, -0.05) is 145 Å². The predicted octanol–water partition coefficient (Wildman–Crippen LogP) is 7.05. The van der Waals surface area contributed by atoms with Crippen LogP contribution in [0.4, 0.5) is 0 Å². The van der Waals surface area contributed by atoms with Crippen molar-refractivity contribution in [3.05, 3.63) is 121 Å². The van der Waals surface area contributed by atoms with Crippen LogP contribution < -0.4 is 21.2 Å². The molecule has 0 aliphatic heterocycles. The summed E-state index contributed by atoms with van der Waals surface area (Å²) in [6.07, 6.45) is 7.33. The van der Waals surface area contributed by atoms with Crippen molar-refractivity contribution in [3.63, 3.8) is 0 Å². The molecule has 0 N–H and O–H groups in total. The molecule has 5 rings (SSSR count). The quantitative estimate of drug-likeness (QED) is 0.218. The normalized spacial score (nSPS) is 18.6. The van der Waals surface area contributed by atoms with E-state index in [9.17, 15) is 0 Å². The first-order valence-corrected chi connectivity index (χ1v) is 19.0. The molecule has 1 saturated carbocycles. The van der Waals surface area contributed by atoms with E-state index in [1.54, 1.807) is 0 Å². The lowest BCUT2D eigenvalue weighted by atomic mass is 9.84. The molecule has 0 amide bonds. The average Bonchev–Trinajstić information content (AvgIpc) is 2.96. The first-order chi connectivity index (χ1) is 17.6. The lowest BCUT2D eigenvalue weighted by Crippen LogP contribution is -2.28.